The minimum atomic E-state index is -0.149. The fraction of sp³-hybridized carbons (Fsp3) is 0.929. The Labute approximate surface area is 106 Å². The fourth-order valence-electron chi connectivity index (χ4n) is 2.75. The van der Waals surface area contributed by atoms with Crippen molar-refractivity contribution < 1.29 is 9.53 Å². The summed E-state index contributed by atoms with van der Waals surface area (Å²) in [5.74, 6) is 0.914. The normalized spacial score (nSPS) is 14.2. The highest BCUT2D eigenvalue weighted by Gasteiger charge is 2.38. The number of hydrogen-bond acceptors (Lipinski definition) is 3. The predicted octanol–water partition coefficient (Wildman–Crippen LogP) is 2.98. The van der Waals surface area contributed by atoms with Gasteiger partial charge in [-0.2, -0.15) is 0 Å². The van der Waals surface area contributed by atoms with Crippen molar-refractivity contribution >= 4 is 5.97 Å². The molecule has 0 aliphatic heterocycles. The molecule has 0 radical (unpaired) electrons. The molecule has 0 aromatic rings. The Bertz CT molecular complexity index is 224. The van der Waals surface area contributed by atoms with Gasteiger partial charge < -0.3 is 10.5 Å². The van der Waals surface area contributed by atoms with E-state index in [0.717, 1.165) is 12.8 Å². The summed E-state index contributed by atoms with van der Waals surface area (Å²) in [5.41, 5.74) is 6.03. The maximum absolute atomic E-state index is 11.6. The van der Waals surface area contributed by atoms with Crippen molar-refractivity contribution in [1.82, 2.24) is 0 Å². The van der Waals surface area contributed by atoms with Gasteiger partial charge in [0.2, 0.25) is 0 Å². The van der Waals surface area contributed by atoms with Crippen LogP contribution < -0.4 is 5.73 Å². The molecule has 0 rings (SSSR count). The molecule has 0 heterocycles. The second kappa shape index (κ2) is 7.00. The molecule has 2 N–H and O–H groups in total. The molecule has 0 aliphatic rings. The van der Waals surface area contributed by atoms with Crippen molar-refractivity contribution in [2.45, 2.75) is 59.9 Å². The van der Waals surface area contributed by atoms with E-state index in [1.165, 1.54) is 7.11 Å². The third kappa shape index (κ3) is 5.53. The Morgan fingerprint density at radius 2 is 1.53 bits per heavy atom. The lowest BCUT2D eigenvalue weighted by atomic mass is 9.68. The molecule has 17 heavy (non-hydrogen) atoms. The van der Waals surface area contributed by atoms with Crippen molar-refractivity contribution in [3.63, 3.8) is 0 Å². The highest BCUT2D eigenvalue weighted by Crippen LogP contribution is 2.39. The molecule has 1 unspecified atom stereocenters. The summed E-state index contributed by atoms with van der Waals surface area (Å²) in [6, 6.07) is 0.00593. The Kier molecular flexibility index (Phi) is 6.76. The van der Waals surface area contributed by atoms with Gasteiger partial charge in [-0.3, -0.25) is 4.79 Å². The topological polar surface area (TPSA) is 52.3 Å². The van der Waals surface area contributed by atoms with E-state index in [4.69, 9.17) is 10.5 Å². The Balaban J connectivity index is 5.01. The maximum atomic E-state index is 11.6. The van der Waals surface area contributed by atoms with E-state index in [-0.39, 0.29) is 17.4 Å². The summed E-state index contributed by atoms with van der Waals surface area (Å²) in [6.07, 6.45) is 2.37. The van der Waals surface area contributed by atoms with E-state index in [1.807, 2.05) is 6.92 Å². The highest BCUT2D eigenvalue weighted by molar-refractivity contribution is 5.70. The summed E-state index contributed by atoms with van der Waals surface area (Å²) in [5, 5.41) is 0. The SMILES string of the molecule is COC(=O)CC(CC(C)C)(CC(C)C)C(C)N. The van der Waals surface area contributed by atoms with Crippen LogP contribution in [0.15, 0.2) is 0 Å². The smallest absolute Gasteiger partial charge is 0.306 e. The van der Waals surface area contributed by atoms with Crippen LogP contribution in [0.25, 0.3) is 0 Å². The molecule has 1 atom stereocenters. The number of ether oxygens (including phenoxy) is 1. The molecule has 3 heteroatoms. The number of carbonyl (C=O) groups excluding carboxylic acids is 1. The van der Waals surface area contributed by atoms with Gasteiger partial charge in [0.25, 0.3) is 0 Å². The van der Waals surface area contributed by atoms with E-state index in [2.05, 4.69) is 27.7 Å². The average molecular weight is 243 g/mol. The van der Waals surface area contributed by atoms with Crippen LogP contribution in [0.2, 0.25) is 0 Å². The number of carbonyl (C=O) groups is 1. The van der Waals surface area contributed by atoms with Crippen LogP contribution in [0.4, 0.5) is 0 Å². The molecule has 0 fully saturated rings. The molecular weight excluding hydrogens is 214 g/mol. The molecular formula is C14H29NO2. The second-order valence-corrected chi connectivity index (χ2v) is 6.10. The van der Waals surface area contributed by atoms with Crippen molar-refractivity contribution in [2.75, 3.05) is 7.11 Å². The van der Waals surface area contributed by atoms with Crippen LogP contribution in [0.1, 0.15) is 53.9 Å². The molecule has 0 aromatic heterocycles. The highest BCUT2D eigenvalue weighted by atomic mass is 16.5. The molecule has 0 aromatic carbocycles. The first-order chi connectivity index (χ1) is 7.73. The van der Waals surface area contributed by atoms with Crippen molar-refractivity contribution in [2.24, 2.45) is 23.0 Å². The third-order valence-electron chi connectivity index (χ3n) is 3.32. The fourth-order valence-corrected chi connectivity index (χ4v) is 2.75. The van der Waals surface area contributed by atoms with Crippen molar-refractivity contribution in [3.05, 3.63) is 0 Å². The first-order valence-electron chi connectivity index (χ1n) is 6.56. The number of hydrogen-bond donors (Lipinski definition) is 1. The quantitative estimate of drug-likeness (QED) is 0.699. The maximum Gasteiger partial charge on any atom is 0.306 e. The zero-order valence-electron chi connectivity index (χ0n) is 12.2. The minimum absolute atomic E-state index is 0.00593. The predicted molar refractivity (Wildman–Crippen MR) is 71.6 cm³/mol. The molecule has 0 bridgehead atoms. The Hall–Kier alpha value is -0.570. The van der Waals surface area contributed by atoms with Gasteiger partial charge in [0.15, 0.2) is 0 Å². The number of methoxy groups -OCH3 is 1. The van der Waals surface area contributed by atoms with Crippen LogP contribution in [-0.2, 0) is 9.53 Å². The standard InChI is InChI=1S/C14H29NO2/c1-10(2)7-14(12(5)15,8-11(3)4)9-13(16)17-6/h10-12H,7-9,15H2,1-6H3. The Morgan fingerprint density at radius 1 is 1.12 bits per heavy atom. The summed E-state index contributed by atoms with van der Waals surface area (Å²) in [6.45, 7) is 10.7. The van der Waals surface area contributed by atoms with Crippen LogP contribution >= 0.6 is 0 Å². The summed E-state index contributed by atoms with van der Waals surface area (Å²) >= 11 is 0. The molecule has 0 saturated heterocycles. The lowest BCUT2D eigenvalue weighted by molar-refractivity contribution is -0.144. The molecule has 0 saturated carbocycles. The Morgan fingerprint density at radius 3 is 1.76 bits per heavy atom. The number of esters is 1. The lowest BCUT2D eigenvalue weighted by Gasteiger charge is -2.39. The molecule has 0 amide bonds. The van der Waals surface area contributed by atoms with Gasteiger partial charge in [0.1, 0.15) is 0 Å². The van der Waals surface area contributed by atoms with Gasteiger partial charge in [-0.05, 0) is 37.0 Å². The largest absolute Gasteiger partial charge is 0.469 e. The molecule has 0 spiro atoms. The van der Waals surface area contributed by atoms with Crippen LogP contribution in [0, 0.1) is 17.3 Å². The van der Waals surface area contributed by atoms with Gasteiger partial charge >= 0.3 is 5.97 Å². The monoisotopic (exact) mass is 243 g/mol. The van der Waals surface area contributed by atoms with E-state index in [1.54, 1.807) is 0 Å². The van der Waals surface area contributed by atoms with Crippen LogP contribution in [0.5, 0.6) is 0 Å². The van der Waals surface area contributed by atoms with Crippen LogP contribution in [-0.4, -0.2) is 19.1 Å². The molecule has 3 nitrogen and oxygen atoms in total. The van der Waals surface area contributed by atoms with Gasteiger partial charge in [0.05, 0.1) is 13.5 Å². The third-order valence-corrected chi connectivity index (χ3v) is 3.32. The zero-order valence-corrected chi connectivity index (χ0v) is 12.2. The lowest BCUT2D eigenvalue weighted by Crippen LogP contribution is -2.43. The van der Waals surface area contributed by atoms with Gasteiger partial charge in [-0.25, -0.2) is 0 Å². The zero-order chi connectivity index (χ0) is 13.6. The van der Waals surface area contributed by atoms with Crippen molar-refractivity contribution in [3.8, 4) is 0 Å². The van der Waals surface area contributed by atoms with Gasteiger partial charge in [-0.15, -0.1) is 0 Å². The summed E-state index contributed by atoms with van der Waals surface area (Å²) < 4.78 is 4.82. The first kappa shape index (κ1) is 16.4. The van der Waals surface area contributed by atoms with E-state index >= 15 is 0 Å². The van der Waals surface area contributed by atoms with Gasteiger partial charge in [0, 0.05) is 6.04 Å². The van der Waals surface area contributed by atoms with Gasteiger partial charge in [-0.1, -0.05) is 27.7 Å². The summed E-state index contributed by atoms with van der Waals surface area (Å²) in [7, 11) is 1.44. The average Bonchev–Trinajstić information content (AvgIpc) is 2.14. The molecule has 0 aliphatic carbocycles. The van der Waals surface area contributed by atoms with E-state index in [9.17, 15) is 4.79 Å². The van der Waals surface area contributed by atoms with E-state index in [0.29, 0.717) is 18.3 Å². The molecule has 102 valence electrons. The second-order valence-electron chi connectivity index (χ2n) is 6.10. The summed E-state index contributed by atoms with van der Waals surface area (Å²) in [4.78, 5) is 11.6. The van der Waals surface area contributed by atoms with E-state index < -0.39 is 0 Å². The number of rotatable bonds is 7. The minimum Gasteiger partial charge on any atom is -0.469 e. The van der Waals surface area contributed by atoms with Crippen LogP contribution in [0.3, 0.4) is 0 Å². The first-order valence-corrected chi connectivity index (χ1v) is 6.56. The number of nitrogens with two attached hydrogens (primary N) is 1. The van der Waals surface area contributed by atoms with Crippen molar-refractivity contribution in [1.29, 1.82) is 0 Å².